The second kappa shape index (κ2) is 4.05. The smallest absolute Gasteiger partial charge is 0.296 e. The average molecular weight is 199 g/mol. The number of hydrogen-bond acceptors (Lipinski definition) is 3. The van der Waals surface area contributed by atoms with E-state index in [0.717, 1.165) is 0 Å². The van der Waals surface area contributed by atoms with Crippen LogP contribution in [0.2, 0.25) is 0 Å². The minimum Gasteiger partial charge on any atom is -0.453 e. The lowest BCUT2D eigenvalue weighted by Crippen LogP contribution is -2.05. The van der Waals surface area contributed by atoms with Crippen molar-refractivity contribution in [1.82, 2.24) is 0 Å². The third kappa shape index (κ3) is 2.29. The third-order valence-electron chi connectivity index (χ3n) is 1.36. The quantitative estimate of drug-likeness (QED) is 0.425. The molecule has 0 atom stereocenters. The van der Waals surface area contributed by atoms with Crippen LogP contribution >= 0.6 is 11.6 Å². The van der Waals surface area contributed by atoms with Gasteiger partial charge in [0.25, 0.3) is 11.0 Å². The second-order valence-electron chi connectivity index (χ2n) is 2.30. The van der Waals surface area contributed by atoms with Crippen molar-refractivity contribution >= 4 is 28.7 Å². The summed E-state index contributed by atoms with van der Waals surface area (Å²) in [5.41, 5.74) is 0. The van der Waals surface area contributed by atoms with Gasteiger partial charge in [0.1, 0.15) is 5.76 Å². The normalized spacial score (nSPS) is 10.6. The second-order valence-corrected chi connectivity index (χ2v) is 2.65. The van der Waals surface area contributed by atoms with Gasteiger partial charge in [0, 0.05) is 0 Å². The van der Waals surface area contributed by atoms with E-state index in [2.05, 4.69) is 0 Å². The molecule has 0 aromatic carbocycles. The molecule has 0 saturated heterocycles. The Balaban J connectivity index is 2.92. The SMILES string of the molecule is CC=Cc1ccc(C(=O)C(=O)Cl)o1. The molecule has 1 aromatic heterocycles. The molecule has 1 rings (SSSR count). The number of allylic oxidation sites excluding steroid dienone is 1. The van der Waals surface area contributed by atoms with Crippen LogP contribution in [0, 0.1) is 0 Å². The molecule has 4 heteroatoms. The number of Topliss-reactive ketones (excluding diaryl/α,β-unsaturated/α-hetero) is 1. The van der Waals surface area contributed by atoms with Crippen molar-refractivity contribution in [2.45, 2.75) is 6.92 Å². The fourth-order valence-electron chi connectivity index (χ4n) is 0.826. The number of ketones is 1. The number of carbonyl (C=O) groups excluding carboxylic acids is 2. The van der Waals surface area contributed by atoms with Crippen molar-refractivity contribution in [2.24, 2.45) is 0 Å². The maximum Gasteiger partial charge on any atom is 0.296 e. The standard InChI is InChI=1S/C9H7ClO3/c1-2-3-6-4-5-7(13-6)8(11)9(10)12/h2-5H,1H3. The highest BCUT2D eigenvalue weighted by molar-refractivity contribution is 6.82. The van der Waals surface area contributed by atoms with E-state index in [9.17, 15) is 9.59 Å². The summed E-state index contributed by atoms with van der Waals surface area (Å²) in [4.78, 5) is 21.4. The first-order chi connectivity index (χ1) is 6.15. The van der Waals surface area contributed by atoms with Crippen LogP contribution in [0.25, 0.3) is 6.08 Å². The van der Waals surface area contributed by atoms with Gasteiger partial charge < -0.3 is 4.42 Å². The van der Waals surface area contributed by atoms with Gasteiger partial charge in [-0.2, -0.15) is 0 Å². The fourth-order valence-corrected chi connectivity index (χ4v) is 0.919. The summed E-state index contributed by atoms with van der Waals surface area (Å²) < 4.78 is 5.01. The molecule has 13 heavy (non-hydrogen) atoms. The molecule has 0 N–H and O–H groups in total. The molecule has 1 aromatic rings. The lowest BCUT2D eigenvalue weighted by Gasteiger charge is -1.87. The van der Waals surface area contributed by atoms with Crippen LogP contribution in [-0.4, -0.2) is 11.0 Å². The number of halogens is 1. The van der Waals surface area contributed by atoms with Gasteiger partial charge in [-0.25, -0.2) is 0 Å². The van der Waals surface area contributed by atoms with E-state index in [0.29, 0.717) is 5.76 Å². The zero-order valence-electron chi connectivity index (χ0n) is 6.91. The van der Waals surface area contributed by atoms with E-state index >= 15 is 0 Å². The molecule has 0 amide bonds. The number of carbonyl (C=O) groups is 2. The fraction of sp³-hybridized carbons (Fsp3) is 0.111. The average Bonchev–Trinajstić information content (AvgIpc) is 2.52. The zero-order valence-corrected chi connectivity index (χ0v) is 7.67. The lowest BCUT2D eigenvalue weighted by molar-refractivity contribution is -0.108. The van der Waals surface area contributed by atoms with Crippen LogP contribution in [0.1, 0.15) is 23.2 Å². The Morgan fingerprint density at radius 2 is 2.15 bits per heavy atom. The van der Waals surface area contributed by atoms with E-state index < -0.39 is 11.0 Å². The summed E-state index contributed by atoms with van der Waals surface area (Å²) in [6.07, 6.45) is 3.44. The van der Waals surface area contributed by atoms with Gasteiger partial charge in [0.2, 0.25) is 0 Å². The molecule has 0 fully saturated rings. The van der Waals surface area contributed by atoms with Gasteiger partial charge >= 0.3 is 0 Å². The molecule has 3 nitrogen and oxygen atoms in total. The molecule has 0 spiro atoms. The van der Waals surface area contributed by atoms with Gasteiger partial charge in [0.05, 0.1) is 0 Å². The molecule has 1 heterocycles. The first-order valence-electron chi connectivity index (χ1n) is 3.62. The van der Waals surface area contributed by atoms with Crippen molar-refractivity contribution in [1.29, 1.82) is 0 Å². The molecule has 0 aliphatic rings. The van der Waals surface area contributed by atoms with E-state index in [1.54, 1.807) is 18.2 Å². The van der Waals surface area contributed by atoms with Gasteiger partial charge in [-0.05, 0) is 36.7 Å². The van der Waals surface area contributed by atoms with Crippen LogP contribution in [0.5, 0.6) is 0 Å². The van der Waals surface area contributed by atoms with E-state index in [4.69, 9.17) is 16.0 Å². The molecule has 0 radical (unpaired) electrons. The largest absolute Gasteiger partial charge is 0.453 e. The summed E-state index contributed by atoms with van der Waals surface area (Å²) in [5, 5.41) is -1.04. The van der Waals surface area contributed by atoms with Crippen LogP contribution in [0.15, 0.2) is 22.6 Å². The maximum absolute atomic E-state index is 11.0. The Morgan fingerprint density at radius 1 is 1.46 bits per heavy atom. The van der Waals surface area contributed by atoms with Gasteiger partial charge in [-0.15, -0.1) is 0 Å². The number of furan rings is 1. The Bertz CT molecular complexity index is 363. The van der Waals surface area contributed by atoms with Gasteiger partial charge in [-0.3, -0.25) is 9.59 Å². The van der Waals surface area contributed by atoms with Crippen molar-refractivity contribution in [3.63, 3.8) is 0 Å². The Labute approximate surface area is 80.0 Å². The Hall–Kier alpha value is -1.35. The van der Waals surface area contributed by atoms with Gasteiger partial charge in [0.15, 0.2) is 5.76 Å². The number of rotatable bonds is 3. The van der Waals surface area contributed by atoms with Crippen molar-refractivity contribution in [3.8, 4) is 0 Å². The Kier molecular flexibility index (Phi) is 3.03. The lowest BCUT2D eigenvalue weighted by atomic mass is 10.3. The van der Waals surface area contributed by atoms with Crippen molar-refractivity contribution in [3.05, 3.63) is 29.7 Å². The first kappa shape index (κ1) is 9.74. The van der Waals surface area contributed by atoms with Crippen LogP contribution in [0.3, 0.4) is 0 Å². The minimum atomic E-state index is -1.04. The molecule has 0 saturated carbocycles. The molecule has 68 valence electrons. The highest BCUT2D eigenvalue weighted by Crippen LogP contribution is 2.11. The van der Waals surface area contributed by atoms with E-state index in [1.165, 1.54) is 6.07 Å². The molecule has 0 unspecified atom stereocenters. The van der Waals surface area contributed by atoms with E-state index in [-0.39, 0.29) is 5.76 Å². The maximum atomic E-state index is 11.0. The summed E-state index contributed by atoms with van der Waals surface area (Å²) in [7, 11) is 0. The minimum absolute atomic E-state index is 0.0342. The summed E-state index contributed by atoms with van der Waals surface area (Å²) in [6, 6.07) is 3.00. The number of hydrogen-bond donors (Lipinski definition) is 0. The Morgan fingerprint density at radius 3 is 2.69 bits per heavy atom. The predicted molar refractivity (Wildman–Crippen MR) is 48.6 cm³/mol. The van der Waals surface area contributed by atoms with E-state index in [1.807, 2.05) is 6.92 Å². The summed E-state index contributed by atoms with van der Waals surface area (Å²) >= 11 is 4.98. The zero-order chi connectivity index (χ0) is 9.84. The van der Waals surface area contributed by atoms with Crippen molar-refractivity contribution in [2.75, 3.05) is 0 Å². The predicted octanol–water partition coefficient (Wildman–Crippen LogP) is 2.26. The molecular formula is C9H7ClO3. The monoisotopic (exact) mass is 198 g/mol. The third-order valence-corrected chi connectivity index (χ3v) is 1.53. The highest BCUT2D eigenvalue weighted by atomic mass is 35.5. The summed E-state index contributed by atoms with van der Waals surface area (Å²) in [6.45, 7) is 1.82. The first-order valence-corrected chi connectivity index (χ1v) is 3.99. The summed E-state index contributed by atoms with van der Waals surface area (Å²) in [5.74, 6) is -0.339. The molecule has 0 bridgehead atoms. The van der Waals surface area contributed by atoms with Crippen LogP contribution in [0.4, 0.5) is 0 Å². The van der Waals surface area contributed by atoms with Gasteiger partial charge in [-0.1, -0.05) is 6.08 Å². The molecule has 0 aliphatic heterocycles. The topological polar surface area (TPSA) is 47.3 Å². The highest BCUT2D eigenvalue weighted by Gasteiger charge is 2.16. The molecule has 0 aliphatic carbocycles. The van der Waals surface area contributed by atoms with Crippen molar-refractivity contribution < 1.29 is 14.0 Å². The van der Waals surface area contributed by atoms with Crippen LogP contribution < -0.4 is 0 Å². The molecular weight excluding hydrogens is 192 g/mol. The van der Waals surface area contributed by atoms with Crippen LogP contribution in [-0.2, 0) is 4.79 Å².